The number of hydrogen-bond donors (Lipinski definition) is 1. The van der Waals surface area contributed by atoms with Gasteiger partial charge in [0, 0.05) is 17.3 Å². The topological polar surface area (TPSA) is 65.2 Å². The van der Waals surface area contributed by atoms with Gasteiger partial charge >= 0.3 is 0 Å². The van der Waals surface area contributed by atoms with Crippen molar-refractivity contribution >= 4 is 23.1 Å². The number of rotatable bonds is 5. The molecule has 0 aliphatic carbocycles. The van der Waals surface area contributed by atoms with E-state index in [4.69, 9.17) is 22.1 Å². The van der Waals surface area contributed by atoms with Crippen molar-refractivity contribution in [1.29, 1.82) is 0 Å². The summed E-state index contributed by atoms with van der Waals surface area (Å²) in [6.07, 6.45) is 3.99. The molecule has 20 heavy (non-hydrogen) atoms. The lowest BCUT2D eigenvalue weighted by Crippen LogP contribution is -2.04. The Balaban J connectivity index is 2.26. The zero-order chi connectivity index (χ0) is 14.5. The predicted molar refractivity (Wildman–Crippen MR) is 79.3 cm³/mol. The van der Waals surface area contributed by atoms with Gasteiger partial charge < -0.3 is 10.5 Å². The SMILES string of the molecule is CCCOc1cncc(C(=O)c2ccc(N)c(Cl)c2)c1. The number of anilines is 1. The maximum Gasteiger partial charge on any atom is 0.194 e. The van der Waals surface area contributed by atoms with Crippen LogP contribution in [0.5, 0.6) is 5.75 Å². The summed E-state index contributed by atoms with van der Waals surface area (Å²) in [6.45, 7) is 2.60. The van der Waals surface area contributed by atoms with Gasteiger partial charge in [-0.05, 0) is 30.7 Å². The van der Waals surface area contributed by atoms with E-state index >= 15 is 0 Å². The highest BCUT2D eigenvalue weighted by molar-refractivity contribution is 6.33. The summed E-state index contributed by atoms with van der Waals surface area (Å²) in [7, 11) is 0. The second-order valence-electron chi connectivity index (χ2n) is 4.32. The number of carbonyl (C=O) groups is 1. The molecule has 2 N–H and O–H groups in total. The number of benzene rings is 1. The number of ether oxygens (including phenoxy) is 1. The van der Waals surface area contributed by atoms with Gasteiger partial charge in [0.2, 0.25) is 0 Å². The van der Waals surface area contributed by atoms with E-state index in [1.54, 1.807) is 30.5 Å². The van der Waals surface area contributed by atoms with E-state index < -0.39 is 0 Å². The maximum absolute atomic E-state index is 12.3. The lowest BCUT2D eigenvalue weighted by Gasteiger charge is -2.07. The summed E-state index contributed by atoms with van der Waals surface area (Å²) < 4.78 is 5.46. The standard InChI is InChI=1S/C15H15ClN2O2/c1-2-5-20-12-6-11(8-18-9-12)15(19)10-3-4-14(17)13(16)7-10/h3-4,6-9H,2,5,17H2,1H3. The number of nitrogens with zero attached hydrogens (tertiary/aromatic N) is 1. The van der Waals surface area contributed by atoms with Crippen molar-refractivity contribution in [1.82, 2.24) is 4.98 Å². The average Bonchev–Trinajstić information content (AvgIpc) is 2.47. The first-order valence-electron chi connectivity index (χ1n) is 6.29. The van der Waals surface area contributed by atoms with Crippen molar-refractivity contribution in [2.75, 3.05) is 12.3 Å². The highest BCUT2D eigenvalue weighted by Gasteiger charge is 2.12. The van der Waals surface area contributed by atoms with Gasteiger partial charge in [-0.2, -0.15) is 0 Å². The number of nitrogen functional groups attached to an aromatic ring is 1. The summed E-state index contributed by atoms with van der Waals surface area (Å²) in [5.41, 5.74) is 7.01. The van der Waals surface area contributed by atoms with Crippen LogP contribution in [0.3, 0.4) is 0 Å². The Morgan fingerprint density at radius 3 is 2.80 bits per heavy atom. The molecule has 0 unspecified atom stereocenters. The Morgan fingerprint density at radius 1 is 1.30 bits per heavy atom. The second-order valence-corrected chi connectivity index (χ2v) is 4.73. The number of aromatic nitrogens is 1. The van der Waals surface area contributed by atoms with Crippen LogP contribution in [0.25, 0.3) is 0 Å². The van der Waals surface area contributed by atoms with Crippen LogP contribution in [0.1, 0.15) is 29.3 Å². The molecule has 0 saturated heterocycles. The van der Waals surface area contributed by atoms with Crippen LogP contribution < -0.4 is 10.5 Å². The van der Waals surface area contributed by atoms with Crippen molar-refractivity contribution in [3.63, 3.8) is 0 Å². The molecule has 0 radical (unpaired) electrons. The second kappa shape index (κ2) is 6.39. The fraction of sp³-hybridized carbons (Fsp3) is 0.200. The monoisotopic (exact) mass is 290 g/mol. The minimum Gasteiger partial charge on any atom is -0.492 e. The Bertz CT molecular complexity index is 629. The van der Waals surface area contributed by atoms with Crippen molar-refractivity contribution < 1.29 is 9.53 Å². The lowest BCUT2D eigenvalue weighted by molar-refractivity contribution is 0.103. The molecule has 0 atom stereocenters. The van der Waals surface area contributed by atoms with Crippen LogP contribution in [0.15, 0.2) is 36.7 Å². The maximum atomic E-state index is 12.3. The zero-order valence-corrected chi connectivity index (χ0v) is 11.9. The van der Waals surface area contributed by atoms with Gasteiger partial charge in [0.25, 0.3) is 0 Å². The van der Waals surface area contributed by atoms with Gasteiger partial charge in [-0.3, -0.25) is 9.78 Å². The van der Waals surface area contributed by atoms with Gasteiger partial charge in [0.05, 0.1) is 23.5 Å². The molecule has 0 saturated carbocycles. The van der Waals surface area contributed by atoms with Crippen molar-refractivity contribution in [2.45, 2.75) is 13.3 Å². The van der Waals surface area contributed by atoms with E-state index in [1.807, 2.05) is 6.92 Å². The molecule has 0 aliphatic rings. The minimum atomic E-state index is -0.165. The first kappa shape index (κ1) is 14.3. The molecule has 0 aliphatic heterocycles. The van der Waals surface area contributed by atoms with Gasteiger partial charge in [-0.25, -0.2) is 0 Å². The van der Waals surface area contributed by atoms with Gasteiger partial charge in [0.1, 0.15) is 5.75 Å². The summed E-state index contributed by atoms with van der Waals surface area (Å²) in [4.78, 5) is 16.4. The lowest BCUT2D eigenvalue weighted by atomic mass is 10.0. The molecule has 2 rings (SSSR count). The van der Waals surface area contributed by atoms with E-state index in [2.05, 4.69) is 4.98 Å². The van der Waals surface area contributed by atoms with Crippen molar-refractivity contribution in [3.05, 3.63) is 52.8 Å². The third kappa shape index (κ3) is 3.27. The molecule has 0 spiro atoms. The van der Waals surface area contributed by atoms with Crippen LogP contribution in [0.4, 0.5) is 5.69 Å². The summed E-state index contributed by atoms with van der Waals surface area (Å²) in [5.74, 6) is 0.417. The van der Waals surface area contributed by atoms with Gasteiger partial charge in [-0.15, -0.1) is 0 Å². The quantitative estimate of drug-likeness (QED) is 0.677. The highest BCUT2D eigenvalue weighted by atomic mass is 35.5. The molecule has 1 aromatic carbocycles. The van der Waals surface area contributed by atoms with E-state index in [0.29, 0.717) is 34.2 Å². The molecule has 104 valence electrons. The fourth-order valence-corrected chi connectivity index (χ4v) is 1.86. The number of halogens is 1. The molecular weight excluding hydrogens is 276 g/mol. The van der Waals surface area contributed by atoms with Crippen LogP contribution in [-0.2, 0) is 0 Å². The Morgan fingerprint density at radius 2 is 2.10 bits per heavy atom. The molecule has 0 bridgehead atoms. The van der Waals surface area contributed by atoms with Crippen LogP contribution >= 0.6 is 11.6 Å². The van der Waals surface area contributed by atoms with Crippen molar-refractivity contribution in [3.8, 4) is 5.75 Å². The summed E-state index contributed by atoms with van der Waals surface area (Å²) in [5, 5.41) is 0.363. The fourth-order valence-electron chi connectivity index (χ4n) is 1.68. The molecule has 5 heteroatoms. The number of ketones is 1. The molecule has 2 aromatic rings. The number of hydrogen-bond acceptors (Lipinski definition) is 4. The average molecular weight is 291 g/mol. The normalized spacial score (nSPS) is 10.3. The first-order valence-corrected chi connectivity index (χ1v) is 6.67. The zero-order valence-electron chi connectivity index (χ0n) is 11.1. The first-order chi connectivity index (χ1) is 9.61. The number of nitrogens with two attached hydrogens (primary N) is 1. The van der Waals surface area contributed by atoms with E-state index in [0.717, 1.165) is 6.42 Å². The number of pyridine rings is 1. The minimum absolute atomic E-state index is 0.165. The number of carbonyl (C=O) groups excluding carboxylic acids is 1. The predicted octanol–water partition coefficient (Wildman–Crippen LogP) is 3.34. The van der Waals surface area contributed by atoms with E-state index in [1.165, 1.54) is 6.20 Å². The Hall–Kier alpha value is -2.07. The molecule has 4 nitrogen and oxygen atoms in total. The third-order valence-corrected chi connectivity index (χ3v) is 3.04. The smallest absolute Gasteiger partial charge is 0.194 e. The van der Waals surface area contributed by atoms with Crippen LogP contribution in [0, 0.1) is 0 Å². The molecular formula is C15H15ClN2O2. The highest BCUT2D eigenvalue weighted by Crippen LogP contribution is 2.22. The Labute approximate surface area is 122 Å². The molecule has 0 amide bonds. The van der Waals surface area contributed by atoms with Crippen LogP contribution in [-0.4, -0.2) is 17.4 Å². The molecule has 1 heterocycles. The Kier molecular flexibility index (Phi) is 4.58. The molecule has 1 aromatic heterocycles. The van der Waals surface area contributed by atoms with Gasteiger partial charge in [0.15, 0.2) is 5.78 Å². The van der Waals surface area contributed by atoms with Crippen molar-refractivity contribution in [2.24, 2.45) is 0 Å². The van der Waals surface area contributed by atoms with E-state index in [-0.39, 0.29) is 5.78 Å². The largest absolute Gasteiger partial charge is 0.492 e. The summed E-state index contributed by atoms with van der Waals surface area (Å²) in [6, 6.07) is 6.48. The van der Waals surface area contributed by atoms with Crippen LogP contribution in [0.2, 0.25) is 5.02 Å². The van der Waals surface area contributed by atoms with E-state index in [9.17, 15) is 4.79 Å². The summed E-state index contributed by atoms with van der Waals surface area (Å²) >= 11 is 5.93. The molecule has 0 fully saturated rings. The third-order valence-electron chi connectivity index (χ3n) is 2.71. The van der Waals surface area contributed by atoms with Gasteiger partial charge in [-0.1, -0.05) is 18.5 Å².